The van der Waals surface area contributed by atoms with Crippen molar-refractivity contribution in [1.82, 2.24) is 14.7 Å². The molecule has 3 atom stereocenters. The van der Waals surface area contributed by atoms with Crippen LogP contribution in [0, 0.1) is 11.8 Å². The van der Waals surface area contributed by atoms with E-state index in [0.717, 1.165) is 43.2 Å². The lowest BCUT2D eigenvalue weighted by Gasteiger charge is -2.16. The molecule has 2 aliphatic rings. The quantitative estimate of drug-likeness (QED) is 0.876. The van der Waals surface area contributed by atoms with Crippen LogP contribution in [-0.4, -0.2) is 22.5 Å². The van der Waals surface area contributed by atoms with Gasteiger partial charge in [0.15, 0.2) is 0 Å². The SMILES string of the molecule is FC(F)(F)c1cc([C@H]2C[C@H]3CNC[C@H]3C2)c2cncn2c1. The van der Waals surface area contributed by atoms with Crippen molar-refractivity contribution in [2.24, 2.45) is 11.8 Å². The van der Waals surface area contributed by atoms with Crippen molar-refractivity contribution < 1.29 is 13.2 Å². The van der Waals surface area contributed by atoms with Gasteiger partial charge in [0, 0.05) is 6.20 Å². The highest BCUT2D eigenvalue weighted by Gasteiger charge is 2.39. The number of nitrogens with zero attached hydrogens (tertiary/aromatic N) is 2. The number of halogens is 3. The Kier molecular flexibility index (Phi) is 2.79. The average molecular weight is 295 g/mol. The second kappa shape index (κ2) is 4.47. The third-order valence-corrected chi connectivity index (χ3v) is 4.97. The van der Waals surface area contributed by atoms with Gasteiger partial charge in [0.1, 0.15) is 0 Å². The zero-order valence-electron chi connectivity index (χ0n) is 11.4. The van der Waals surface area contributed by atoms with Crippen molar-refractivity contribution >= 4 is 5.52 Å². The lowest BCUT2D eigenvalue weighted by atomic mass is 9.94. The second-order valence-electron chi connectivity index (χ2n) is 6.21. The summed E-state index contributed by atoms with van der Waals surface area (Å²) in [5.74, 6) is 1.42. The number of aromatic nitrogens is 2. The molecule has 4 rings (SSSR count). The molecule has 2 aromatic rings. The molecule has 0 radical (unpaired) electrons. The van der Waals surface area contributed by atoms with E-state index in [2.05, 4.69) is 10.3 Å². The van der Waals surface area contributed by atoms with E-state index >= 15 is 0 Å². The van der Waals surface area contributed by atoms with Crippen LogP contribution in [0.2, 0.25) is 0 Å². The van der Waals surface area contributed by atoms with Crippen LogP contribution >= 0.6 is 0 Å². The summed E-state index contributed by atoms with van der Waals surface area (Å²) in [6.45, 7) is 1.99. The van der Waals surface area contributed by atoms with Crippen LogP contribution in [0.15, 0.2) is 24.8 Å². The number of hydrogen-bond donors (Lipinski definition) is 1. The summed E-state index contributed by atoms with van der Waals surface area (Å²) in [7, 11) is 0. The van der Waals surface area contributed by atoms with Crippen molar-refractivity contribution in [3.8, 4) is 0 Å². The Morgan fingerprint density at radius 3 is 2.57 bits per heavy atom. The first kappa shape index (κ1) is 13.1. The fourth-order valence-electron chi connectivity index (χ4n) is 3.96. The molecule has 6 heteroatoms. The minimum Gasteiger partial charge on any atom is -0.316 e. The maximum Gasteiger partial charge on any atom is 0.417 e. The van der Waals surface area contributed by atoms with Gasteiger partial charge in [-0.25, -0.2) is 4.98 Å². The molecule has 3 heterocycles. The normalized spacial score (nSPS) is 29.2. The molecule has 2 fully saturated rings. The predicted molar refractivity (Wildman–Crippen MR) is 72.0 cm³/mol. The summed E-state index contributed by atoms with van der Waals surface area (Å²) in [4.78, 5) is 4.01. The van der Waals surface area contributed by atoms with E-state index in [0.29, 0.717) is 11.8 Å². The molecule has 2 aromatic heterocycles. The van der Waals surface area contributed by atoms with Crippen molar-refractivity contribution in [3.05, 3.63) is 35.9 Å². The molecule has 21 heavy (non-hydrogen) atoms. The maximum atomic E-state index is 13.1. The third-order valence-electron chi connectivity index (χ3n) is 4.97. The smallest absolute Gasteiger partial charge is 0.316 e. The Bertz CT molecular complexity index is 664. The number of rotatable bonds is 1. The maximum absolute atomic E-state index is 13.1. The molecule has 112 valence electrons. The topological polar surface area (TPSA) is 29.3 Å². The summed E-state index contributed by atoms with van der Waals surface area (Å²) in [6.07, 6.45) is 1.87. The number of fused-ring (bicyclic) bond motifs is 2. The molecule has 0 unspecified atom stereocenters. The molecule has 3 nitrogen and oxygen atoms in total. The van der Waals surface area contributed by atoms with Crippen molar-refractivity contribution in [2.45, 2.75) is 24.9 Å². The fourth-order valence-corrected chi connectivity index (χ4v) is 3.96. The number of alkyl halides is 3. The van der Waals surface area contributed by atoms with E-state index in [1.54, 1.807) is 6.20 Å². The number of nitrogens with one attached hydrogen (secondary N) is 1. The average Bonchev–Trinajstić information content (AvgIpc) is 3.11. The van der Waals surface area contributed by atoms with Crippen molar-refractivity contribution in [1.29, 1.82) is 0 Å². The molecule has 1 N–H and O–H groups in total. The van der Waals surface area contributed by atoms with Gasteiger partial charge in [0.05, 0.1) is 23.6 Å². The van der Waals surface area contributed by atoms with Gasteiger partial charge in [-0.2, -0.15) is 13.2 Å². The third kappa shape index (κ3) is 2.12. The molecule has 0 amide bonds. The minimum absolute atomic E-state index is 0.212. The monoisotopic (exact) mass is 295 g/mol. The highest BCUT2D eigenvalue weighted by atomic mass is 19.4. The summed E-state index contributed by atoms with van der Waals surface area (Å²) >= 11 is 0. The van der Waals surface area contributed by atoms with Crippen LogP contribution in [0.25, 0.3) is 5.52 Å². The summed E-state index contributed by atoms with van der Waals surface area (Å²) < 4.78 is 40.7. The molecule has 1 aliphatic carbocycles. The van der Waals surface area contributed by atoms with Gasteiger partial charge in [-0.15, -0.1) is 0 Å². The Morgan fingerprint density at radius 1 is 1.19 bits per heavy atom. The first-order valence-corrected chi connectivity index (χ1v) is 7.26. The number of imidazole rings is 1. The second-order valence-corrected chi connectivity index (χ2v) is 6.21. The predicted octanol–water partition coefficient (Wildman–Crippen LogP) is 3.07. The molecule has 1 aliphatic heterocycles. The van der Waals surface area contributed by atoms with Gasteiger partial charge in [-0.05, 0) is 55.3 Å². The van der Waals surface area contributed by atoms with E-state index in [9.17, 15) is 13.2 Å². The van der Waals surface area contributed by atoms with Crippen LogP contribution in [0.1, 0.15) is 29.9 Å². The van der Waals surface area contributed by atoms with Crippen LogP contribution in [0.5, 0.6) is 0 Å². The largest absolute Gasteiger partial charge is 0.417 e. The van der Waals surface area contributed by atoms with E-state index in [4.69, 9.17) is 0 Å². The lowest BCUT2D eigenvalue weighted by molar-refractivity contribution is -0.137. The molecular formula is C15H16F3N3. The summed E-state index contributed by atoms with van der Waals surface area (Å²) in [5, 5.41) is 3.37. The molecule has 1 saturated carbocycles. The van der Waals surface area contributed by atoms with E-state index < -0.39 is 11.7 Å². The van der Waals surface area contributed by atoms with Crippen LogP contribution in [0.4, 0.5) is 13.2 Å². The standard InChI is InChI=1S/C15H16F3N3/c16-15(17,18)12-3-13(14-6-20-8-21(14)7-12)9-1-10-4-19-5-11(10)2-9/h3,6-11,19H,1-2,4-5H2/t9-,10-,11+. The van der Waals surface area contributed by atoms with E-state index in [1.165, 1.54) is 16.8 Å². The number of hydrogen-bond acceptors (Lipinski definition) is 2. The lowest BCUT2D eigenvalue weighted by Crippen LogP contribution is -2.13. The highest BCUT2D eigenvalue weighted by molar-refractivity contribution is 5.56. The molecule has 0 spiro atoms. The summed E-state index contributed by atoms with van der Waals surface area (Å²) in [6, 6.07) is 1.33. The molecule has 1 saturated heterocycles. The van der Waals surface area contributed by atoms with Gasteiger partial charge in [0.25, 0.3) is 0 Å². The molecule has 0 aromatic carbocycles. The van der Waals surface area contributed by atoms with Crippen molar-refractivity contribution in [2.75, 3.05) is 13.1 Å². The van der Waals surface area contributed by atoms with Gasteiger partial charge < -0.3 is 9.72 Å². The van der Waals surface area contributed by atoms with Gasteiger partial charge in [-0.3, -0.25) is 0 Å². The van der Waals surface area contributed by atoms with Crippen LogP contribution in [-0.2, 0) is 6.18 Å². The Morgan fingerprint density at radius 2 is 1.90 bits per heavy atom. The number of pyridine rings is 1. The van der Waals surface area contributed by atoms with Crippen LogP contribution < -0.4 is 5.32 Å². The zero-order chi connectivity index (χ0) is 14.6. The van der Waals surface area contributed by atoms with Crippen LogP contribution in [0.3, 0.4) is 0 Å². The highest BCUT2D eigenvalue weighted by Crippen LogP contribution is 2.46. The first-order chi connectivity index (χ1) is 10.0. The Labute approximate surface area is 120 Å². The molecule has 0 bridgehead atoms. The first-order valence-electron chi connectivity index (χ1n) is 7.26. The van der Waals surface area contributed by atoms with Crippen molar-refractivity contribution in [3.63, 3.8) is 0 Å². The molecular weight excluding hydrogens is 279 g/mol. The Hall–Kier alpha value is -1.56. The fraction of sp³-hybridized carbons (Fsp3) is 0.533. The summed E-state index contributed by atoms with van der Waals surface area (Å²) in [5.41, 5.74) is 1.02. The van der Waals surface area contributed by atoms with Gasteiger partial charge in [-0.1, -0.05) is 0 Å². The zero-order valence-corrected chi connectivity index (χ0v) is 11.4. The van der Waals surface area contributed by atoms with E-state index in [-0.39, 0.29) is 5.92 Å². The van der Waals surface area contributed by atoms with E-state index in [1.807, 2.05) is 0 Å². The van der Waals surface area contributed by atoms with Gasteiger partial charge >= 0.3 is 6.18 Å². The minimum atomic E-state index is -4.32. The Balaban J connectivity index is 1.78. The van der Waals surface area contributed by atoms with Gasteiger partial charge in [0.2, 0.25) is 0 Å².